The van der Waals surface area contributed by atoms with Crippen molar-refractivity contribution in [2.24, 2.45) is 0 Å². The molecule has 0 saturated carbocycles. The number of aromatic hydroxyl groups is 1. The zero-order valence-electron chi connectivity index (χ0n) is 9.24. The van der Waals surface area contributed by atoms with Crippen LogP contribution in [-0.2, 0) is 10.0 Å². The Labute approximate surface area is 102 Å². The van der Waals surface area contributed by atoms with E-state index in [0.29, 0.717) is 0 Å². The van der Waals surface area contributed by atoms with Crippen molar-refractivity contribution in [3.05, 3.63) is 24.3 Å². The van der Waals surface area contributed by atoms with Crippen LogP contribution in [0.25, 0.3) is 0 Å². The van der Waals surface area contributed by atoms with Crippen LogP contribution in [0.1, 0.15) is 12.8 Å². The van der Waals surface area contributed by atoms with Crippen LogP contribution >= 0.6 is 0 Å². The van der Waals surface area contributed by atoms with Crippen LogP contribution in [0, 0.1) is 0 Å². The van der Waals surface area contributed by atoms with E-state index in [2.05, 4.69) is 4.72 Å². The van der Waals surface area contributed by atoms with E-state index < -0.39 is 34.8 Å². The van der Waals surface area contributed by atoms with E-state index in [9.17, 15) is 21.6 Å². The van der Waals surface area contributed by atoms with Crippen LogP contribution < -0.4 is 4.72 Å². The second-order valence-electron chi connectivity index (χ2n) is 3.69. The van der Waals surface area contributed by atoms with E-state index in [1.807, 2.05) is 0 Å². The molecule has 0 radical (unpaired) electrons. The molecule has 0 aliphatic heterocycles. The van der Waals surface area contributed by atoms with Gasteiger partial charge in [-0.05, 0) is 18.6 Å². The Morgan fingerprint density at radius 3 is 2.50 bits per heavy atom. The lowest BCUT2D eigenvalue weighted by molar-refractivity contribution is -0.134. The highest BCUT2D eigenvalue weighted by atomic mass is 32.2. The van der Waals surface area contributed by atoms with Crippen molar-refractivity contribution in [1.82, 2.24) is 0 Å². The van der Waals surface area contributed by atoms with Crippen LogP contribution in [0.3, 0.4) is 0 Å². The Morgan fingerprint density at radius 1 is 1.28 bits per heavy atom. The van der Waals surface area contributed by atoms with Crippen molar-refractivity contribution in [1.29, 1.82) is 0 Å². The van der Waals surface area contributed by atoms with E-state index in [4.69, 9.17) is 5.11 Å². The molecule has 0 aliphatic rings. The van der Waals surface area contributed by atoms with Crippen LogP contribution in [0.15, 0.2) is 24.3 Å². The normalized spacial score (nSPS) is 12.4. The van der Waals surface area contributed by atoms with Gasteiger partial charge in [-0.15, -0.1) is 0 Å². The molecule has 1 aromatic rings. The first-order valence-electron chi connectivity index (χ1n) is 5.04. The molecule has 0 fully saturated rings. The molecule has 8 heteroatoms. The number of nitrogens with one attached hydrogen (secondary N) is 1. The molecule has 2 N–H and O–H groups in total. The fourth-order valence-corrected chi connectivity index (χ4v) is 2.38. The smallest absolute Gasteiger partial charge is 0.389 e. The molecule has 0 unspecified atom stereocenters. The van der Waals surface area contributed by atoms with Crippen molar-refractivity contribution < 1.29 is 26.7 Å². The summed E-state index contributed by atoms with van der Waals surface area (Å²) in [6, 6.07) is 5.33. The summed E-state index contributed by atoms with van der Waals surface area (Å²) in [7, 11) is -3.83. The van der Waals surface area contributed by atoms with Gasteiger partial charge >= 0.3 is 6.18 Å². The molecule has 18 heavy (non-hydrogen) atoms. The Balaban J connectivity index is 2.55. The standard InChI is InChI=1S/C10H12F3NO3S/c11-10(12,13)5-2-6-18(16,17)14-8-3-1-4-9(15)7-8/h1,3-4,7,14-15H,2,5-6H2. The van der Waals surface area contributed by atoms with Crippen molar-refractivity contribution in [3.63, 3.8) is 0 Å². The van der Waals surface area contributed by atoms with Gasteiger partial charge in [-0.25, -0.2) is 8.42 Å². The molecule has 1 aromatic carbocycles. The number of sulfonamides is 1. The van der Waals surface area contributed by atoms with E-state index in [1.165, 1.54) is 24.3 Å². The Kier molecular flexibility index (Phi) is 4.44. The summed E-state index contributed by atoms with van der Waals surface area (Å²) >= 11 is 0. The van der Waals surface area contributed by atoms with Crippen LogP contribution in [0.5, 0.6) is 5.75 Å². The van der Waals surface area contributed by atoms with Gasteiger partial charge in [0.25, 0.3) is 0 Å². The minimum absolute atomic E-state index is 0.113. The number of hydrogen-bond donors (Lipinski definition) is 2. The summed E-state index contributed by atoms with van der Waals surface area (Å²) < 4.78 is 60.6. The second kappa shape index (κ2) is 5.47. The Morgan fingerprint density at radius 2 is 1.94 bits per heavy atom. The van der Waals surface area contributed by atoms with E-state index in [1.54, 1.807) is 0 Å². The summed E-state index contributed by atoms with van der Waals surface area (Å²) in [4.78, 5) is 0. The van der Waals surface area contributed by atoms with Gasteiger partial charge in [0.2, 0.25) is 10.0 Å². The minimum atomic E-state index is -4.36. The van der Waals surface area contributed by atoms with E-state index in [-0.39, 0.29) is 11.4 Å². The first-order valence-corrected chi connectivity index (χ1v) is 6.69. The highest BCUT2D eigenvalue weighted by Gasteiger charge is 2.27. The number of halogens is 3. The number of anilines is 1. The summed E-state index contributed by atoms with van der Waals surface area (Å²) in [5, 5.41) is 9.11. The molecule has 0 aliphatic carbocycles. The number of hydrogen-bond acceptors (Lipinski definition) is 3. The topological polar surface area (TPSA) is 66.4 Å². The number of phenols is 1. The molecular weight excluding hydrogens is 271 g/mol. The van der Waals surface area contributed by atoms with Gasteiger partial charge in [-0.3, -0.25) is 4.72 Å². The predicted octanol–water partition coefficient (Wildman–Crippen LogP) is 2.48. The maximum Gasteiger partial charge on any atom is 0.389 e. The third-order valence-corrected chi connectivity index (χ3v) is 3.37. The average molecular weight is 283 g/mol. The van der Waals surface area contributed by atoms with Crippen molar-refractivity contribution >= 4 is 15.7 Å². The molecule has 0 aromatic heterocycles. The van der Waals surface area contributed by atoms with Gasteiger partial charge in [0.05, 0.1) is 11.4 Å². The lowest BCUT2D eigenvalue weighted by Gasteiger charge is -2.09. The lowest BCUT2D eigenvalue weighted by atomic mass is 10.3. The number of phenolic OH excluding ortho intramolecular Hbond substituents is 1. The van der Waals surface area contributed by atoms with Gasteiger partial charge in [0.15, 0.2) is 0 Å². The highest BCUT2D eigenvalue weighted by molar-refractivity contribution is 7.92. The fourth-order valence-electron chi connectivity index (χ4n) is 1.26. The number of benzene rings is 1. The molecule has 1 rings (SSSR count). The molecule has 4 nitrogen and oxygen atoms in total. The van der Waals surface area contributed by atoms with Gasteiger partial charge < -0.3 is 5.11 Å². The first-order chi connectivity index (χ1) is 8.18. The fraction of sp³-hybridized carbons (Fsp3) is 0.400. The van der Waals surface area contributed by atoms with Crippen molar-refractivity contribution in [3.8, 4) is 5.75 Å². The zero-order chi connectivity index (χ0) is 13.8. The molecule has 0 atom stereocenters. The number of alkyl halides is 3. The summed E-state index contributed by atoms with van der Waals surface area (Å²) in [5.41, 5.74) is 0.113. The molecule has 0 heterocycles. The van der Waals surface area contributed by atoms with E-state index >= 15 is 0 Å². The molecular formula is C10H12F3NO3S. The maximum atomic E-state index is 11.9. The SMILES string of the molecule is O=S(=O)(CCCC(F)(F)F)Nc1cccc(O)c1. The third-order valence-electron chi connectivity index (χ3n) is 1.99. The largest absolute Gasteiger partial charge is 0.508 e. The third kappa shape index (κ3) is 5.76. The second-order valence-corrected chi connectivity index (χ2v) is 5.53. The lowest BCUT2D eigenvalue weighted by Crippen LogP contribution is -2.18. The summed E-state index contributed by atoms with van der Waals surface area (Å²) in [5.74, 6) is -0.757. The quantitative estimate of drug-likeness (QED) is 0.872. The number of rotatable bonds is 5. The van der Waals surface area contributed by atoms with Crippen LogP contribution in [-0.4, -0.2) is 25.5 Å². The first kappa shape index (κ1) is 14.6. The van der Waals surface area contributed by atoms with Crippen LogP contribution in [0.2, 0.25) is 0 Å². The summed E-state index contributed by atoms with van der Waals surface area (Å²) in [6.07, 6.45) is -6.01. The van der Waals surface area contributed by atoms with Gasteiger partial charge in [0.1, 0.15) is 5.75 Å². The minimum Gasteiger partial charge on any atom is -0.508 e. The van der Waals surface area contributed by atoms with Gasteiger partial charge in [-0.1, -0.05) is 6.07 Å². The maximum absolute atomic E-state index is 11.9. The Bertz CT molecular complexity index is 499. The molecule has 0 bridgehead atoms. The predicted molar refractivity (Wildman–Crippen MR) is 60.8 cm³/mol. The summed E-state index contributed by atoms with van der Waals surface area (Å²) in [6.45, 7) is 0. The van der Waals surface area contributed by atoms with Crippen molar-refractivity contribution in [2.75, 3.05) is 10.5 Å². The zero-order valence-corrected chi connectivity index (χ0v) is 10.1. The average Bonchev–Trinajstić information content (AvgIpc) is 2.13. The van der Waals surface area contributed by atoms with Gasteiger partial charge in [-0.2, -0.15) is 13.2 Å². The van der Waals surface area contributed by atoms with E-state index in [0.717, 1.165) is 0 Å². The van der Waals surface area contributed by atoms with Gasteiger partial charge in [0, 0.05) is 12.5 Å². The molecule has 102 valence electrons. The molecule has 0 amide bonds. The van der Waals surface area contributed by atoms with Crippen molar-refractivity contribution in [2.45, 2.75) is 19.0 Å². The highest BCUT2D eigenvalue weighted by Crippen LogP contribution is 2.22. The Hall–Kier alpha value is -1.44. The molecule has 0 spiro atoms. The molecule has 0 saturated heterocycles. The van der Waals surface area contributed by atoms with Crippen LogP contribution in [0.4, 0.5) is 18.9 Å². The monoisotopic (exact) mass is 283 g/mol.